The number of amides is 1. The molecule has 0 aliphatic carbocycles. The van der Waals surface area contributed by atoms with E-state index >= 15 is 0 Å². The Morgan fingerprint density at radius 3 is 2.75 bits per heavy atom. The van der Waals surface area contributed by atoms with Crippen LogP contribution in [-0.2, 0) is 4.79 Å². The number of carbonyl (C=O) groups is 1. The summed E-state index contributed by atoms with van der Waals surface area (Å²) in [6.45, 7) is 0. The lowest BCUT2D eigenvalue weighted by atomic mass is 10.1. The number of nitrogens with zero attached hydrogens (tertiary/aromatic N) is 3. The van der Waals surface area contributed by atoms with Crippen LogP contribution in [0.15, 0.2) is 51.1 Å². The number of benzene rings is 2. The van der Waals surface area contributed by atoms with Gasteiger partial charge in [-0.05, 0) is 11.6 Å². The number of halogens is 1. The van der Waals surface area contributed by atoms with Crippen molar-refractivity contribution in [2.75, 3.05) is 5.32 Å². The molecule has 0 unspecified atom stereocenters. The van der Waals surface area contributed by atoms with E-state index in [1.54, 1.807) is 24.3 Å². The molecule has 1 N–H and O–H groups in total. The van der Waals surface area contributed by atoms with E-state index in [-0.39, 0.29) is 21.4 Å². The molecule has 0 saturated heterocycles. The molecule has 0 atom stereocenters. The second-order valence-corrected chi connectivity index (χ2v) is 5.65. The summed E-state index contributed by atoms with van der Waals surface area (Å²) in [5, 5.41) is 33.0. The summed E-state index contributed by atoms with van der Waals surface area (Å²) >= 11 is 2.98. The first-order chi connectivity index (χ1) is 11.5. The molecule has 0 saturated carbocycles. The highest BCUT2D eigenvalue weighted by Crippen LogP contribution is 2.29. The first-order valence-corrected chi connectivity index (χ1v) is 7.43. The molecule has 8 nitrogen and oxygen atoms in total. The van der Waals surface area contributed by atoms with E-state index in [9.17, 15) is 20.0 Å². The van der Waals surface area contributed by atoms with Crippen LogP contribution >= 0.6 is 15.9 Å². The van der Waals surface area contributed by atoms with Crippen LogP contribution in [0.4, 0.5) is 11.4 Å². The van der Waals surface area contributed by atoms with E-state index in [0.29, 0.717) is 11.3 Å². The first-order valence-electron chi connectivity index (χ1n) is 6.64. The monoisotopic (exact) mass is 387 g/mol. The largest absolute Gasteiger partial charge is 0.871 e. The van der Waals surface area contributed by atoms with E-state index in [1.165, 1.54) is 0 Å². The molecule has 1 heterocycles. The first kappa shape index (κ1) is 15.8. The number of nitro groups is 1. The topological polar surface area (TPSA) is 120 Å². The molecule has 3 rings (SSSR count). The summed E-state index contributed by atoms with van der Waals surface area (Å²) in [5.74, 6) is -0.864. The van der Waals surface area contributed by atoms with Crippen molar-refractivity contribution >= 4 is 45.1 Å². The summed E-state index contributed by atoms with van der Waals surface area (Å²) in [7, 11) is 0. The fraction of sp³-hybridized carbons (Fsp3) is 0. The average Bonchev–Trinajstić information content (AvgIpc) is 2.87. The fourth-order valence-electron chi connectivity index (χ4n) is 2.15. The van der Waals surface area contributed by atoms with Gasteiger partial charge in [-0.15, -0.1) is 5.10 Å². The van der Waals surface area contributed by atoms with Crippen LogP contribution in [0.1, 0.15) is 11.1 Å². The minimum atomic E-state index is -0.617. The molecular formula is C15H8BrN4O4-. The van der Waals surface area contributed by atoms with E-state index in [2.05, 4.69) is 31.4 Å². The number of hydrogen-bond donors (Lipinski definition) is 1. The van der Waals surface area contributed by atoms with Crippen LogP contribution in [0.5, 0.6) is 5.75 Å². The highest BCUT2D eigenvalue weighted by Gasteiger charge is 2.25. The normalized spacial score (nSPS) is 14.9. The van der Waals surface area contributed by atoms with Crippen LogP contribution in [0.3, 0.4) is 0 Å². The molecule has 1 aliphatic heterocycles. The van der Waals surface area contributed by atoms with Gasteiger partial charge in [-0.3, -0.25) is 14.9 Å². The maximum atomic E-state index is 11.9. The number of para-hydroxylation sites is 1. The lowest BCUT2D eigenvalue weighted by molar-refractivity contribution is -0.385. The van der Waals surface area contributed by atoms with Gasteiger partial charge in [0.05, 0.1) is 16.8 Å². The zero-order valence-electron chi connectivity index (χ0n) is 11.9. The molecule has 1 aliphatic rings. The van der Waals surface area contributed by atoms with Gasteiger partial charge in [-0.2, -0.15) is 5.10 Å². The van der Waals surface area contributed by atoms with Crippen molar-refractivity contribution in [1.29, 1.82) is 0 Å². The molecule has 1 amide bonds. The van der Waals surface area contributed by atoms with Crippen molar-refractivity contribution in [3.63, 3.8) is 0 Å². The van der Waals surface area contributed by atoms with Gasteiger partial charge in [-0.1, -0.05) is 39.9 Å². The number of nitrogens with one attached hydrogen (secondary N) is 1. The number of carbonyl (C=O) groups excluding carboxylic acids is 1. The fourth-order valence-corrected chi connectivity index (χ4v) is 2.62. The quantitative estimate of drug-likeness (QED) is 0.492. The Morgan fingerprint density at radius 1 is 1.25 bits per heavy atom. The van der Waals surface area contributed by atoms with E-state index in [4.69, 9.17) is 0 Å². The second-order valence-electron chi connectivity index (χ2n) is 4.80. The van der Waals surface area contributed by atoms with Gasteiger partial charge in [-0.25, -0.2) is 0 Å². The van der Waals surface area contributed by atoms with Gasteiger partial charge in [0, 0.05) is 22.2 Å². The van der Waals surface area contributed by atoms with Crippen LogP contribution in [-0.4, -0.2) is 22.8 Å². The molecule has 0 aromatic heterocycles. The van der Waals surface area contributed by atoms with Gasteiger partial charge in [0.1, 0.15) is 0 Å². The van der Waals surface area contributed by atoms with Crippen LogP contribution < -0.4 is 10.4 Å². The molecule has 9 heteroatoms. The highest BCUT2D eigenvalue weighted by molar-refractivity contribution is 9.10. The molecule has 24 heavy (non-hydrogen) atoms. The van der Waals surface area contributed by atoms with Gasteiger partial charge in [0.25, 0.3) is 11.6 Å². The molecule has 0 fully saturated rings. The molecule has 120 valence electrons. The van der Waals surface area contributed by atoms with Gasteiger partial charge < -0.3 is 10.4 Å². The van der Waals surface area contributed by atoms with Crippen molar-refractivity contribution in [3.05, 3.63) is 62.1 Å². The van der Waals surface area contributed by atoms with Crippen LogP contribution in [0, 0.1) is 10.1 Å². The Balaban J connectivity index is 1.95. The smallest absolute Gasteiger partial charge is 0.276 e. The lowest BCUT2D eigenvalue weighted by Gasteiger charge is -2.11. The Kier molecular flexibility index (Phi) is 4.09. The zero-order chi connectivity index (χ0) is 17.3. The molecule has 0 radical (unpaired) electrons. The lowest BCUT2D eigenvalue weighted by Crippen LogP contribution is -2.13. The van der Waals surface area contributed by atoms with E-state index in [1.807, 2.05) is 0 Å². The standard InChI is InChI=1S/C15H9BrN4O4/c16-11-6-9(20(23)24)5-8(14(11)21)7-17-19-13-10-3-1-2-4-12(10)18-15(13)22/h1-7,21H,(H,18,19,22)/p-1/b17-7-. The van der Waals surface area contributed by atoms with E-state index in [0.717, 1.165) is 18.3 Å². The summed E-state index contributed by atoms with van der Waals surface area (Å²) < 4.78 is 0.0507. The van der Waals surface area contributed by atoms with Gasteiger partial charge in [0.2, 0.25) is 0 Å². The van der Waals surface area contributed by atoms with Crippen molar-refractivity contribution in [1.82, 2.24) is 0 Å². The minimum absolute atomic E-state index is 0.00730. The Labute approximate surface area is 143 Å². The summed E-state index contributed by atoms with van der Waals surface area (Å²) in [6, 6.07) is 9.19. The Bertz CT molecular complexity index is 924. The van der Waals surface area contributed by atoms with Gasteiger partial charge in [0.15, 0.2) is 5.71 Å². The molecule has 0 bridgehead atoms. The van der Waals surface area contributed by atoms with Crippen LogP contribution in [0.2, 0.25) is 0 Å². The van der Waals surface area contributed by atoms with Gasteiger partial charge >= 0.3 is 0 Å². The number of anilines is 1. The van der Waals surface area contributed by atoms with Crippen molar-refractivity contribution in [2.24, 2.45) is 10.2 Å². The number of fused-ring (bicyclic) bond motifs is 1. The average molecular weight is 388 g/mol. The highest BCUT2D eigenvalue weighted by atomic mass is 79.9. The van der Waals surface area contributed by atoms with Crippen molar-refractivity contribution < 1.29 is 14.8 Å². The molecule has 2 aromatic rings. The minimum Gasteiger partial charge on any atom is -0.871 e. The predicted molar refractivity (Wildman–Crippen MR) is 89.4 cm³/mol. The Hall–Kier alpha value is -3.07. The van der Waals surface area contributed by atoms with Crippen molar-refractivity contribution in [3.8, 4) is 5.75 Å². The SMILES string of the molecule is O=C1Nc2ccccc2/C1=N/N=C\c1cc([N+](=O)[O-])cc(Br)c1[O-]. The molecule has 2 aromatic carbocycles. The molecular weight excluding hydrogens is 380 g/mol. The summed E-state index contributed by atoms with van der Waals surface area (Å²) in [5.41, 5.74) is 1.08. The second kappa shape index (κ2) is 6.20. The Morgan fingerprint density at radius 2 is 2.00 bits per heavy atom. The third kappa shape index (κ3) is 2.88. The maximum Gasteiger partial charge on any atom is 0.276 e. The summed E-state index contributed by atoms with van der Waals surface area (Å²) in [4.78, 5) is 22.1. The van der Waals surface area contributed by atoms with Crippen molar-refractivity contribution in [2.45, 2.75) is 0 Å². The summed E-state index contributed by atoms with van der Waals surface area (Å²) in [6.07, 6.45) is 1.08. The van der Waals surface area contributed by atoms with Crippen LogP contribution in [0.25, 0.3) is 0 Å². The number of non-ortho nitro benzene ring substituents is 1. The zero-order valence-corrected chi connectivity index (χ0v) is 13.5. The number of rotatable bonds is 3. The predicted octanol–water partition coefficient (Wildman–Crippen LogP) is 2.21. The molecule has 0 spiro atoms. The number of nitro benzene ring substituents is 1. The maximum absolute atomic E-state index is 11.9. The number of hydrogen-bond acceptors (Lipinski definition) is 6. The third-order valence-electron chi connectivity index (χ3n) is 3.27. The van der Waals surface area contributed by atoms with E-state index < -0.39 is 16.6 Å². The third-order valence-corrected chi connectivity index (χ3v) is 3.86.